The lowest BCUT2D eigenvalue weighted by Crippen LogP contribution is -1.97. The summed E-state index contributed by atoms with van der Waals surface area (Å²) in [6.07, 6.45) is 7.34. The van der Waals surface area contributed by atoms with Gasteiger partial charge >= 0.3 is 0 Å². The van der Waals surface area contributed by atoms with Crippen LogP contribution in [0.2, 0.25) is 0 Å². The molecule has 0 spiro atoms. The van der Waals surface area contributed by atoms with E-state index >= 15 is 0 Å². The molecule has 0 rings (SSSR count). The number of rotatable bonds is 7. The molecule has 0 aliphatic heterocycles. The third kappa shape index (κ3) is 8.66. The van der Waals surface area contributed by atoms with E-state index in [1.807, 2.05) is 21.6 Å². The van der Waals surface area contributed by atoms with Crippen molar-refractivity contribution >= 4 is 21.6 Å². The van der Waals surface area contributed by atoms with Crippen molar-refractivity contribution in [2.75, 3.05) is 18.6 Å². The first-order chi connectivity index (χ1) is 4.91. The van der Waals surface area contributed by atoms with Crippen molar-refractivity contribution in [1.82, 2.24) is 0 Å². The number of hydrogen-bond acceptors (Lipinski definition) is 3. The molecule has 0 saturated carbocycles. The van der Waals surface area contributed by atoms with Gasteiger partial charge in [-0.2, -0.15) is 0 Å². The van der Waals surface area contributed by atoms with Crippen LogP contribution in [0, 0.1) is 0 Å². The predicted molar refractivity (Wildman–Crippen MR) is 53.5 cm³/mol. The summed E-state index contributed by atoms with van der Waals surface area (Å²) < 4.78 is 0. The van der Waals surface area contributed by atoms with Gasteiger partial charge in [0.2, 0.25) is 0 Å². The van der Waals surface area contributed by atoms with Crippen LogP contribution in [-0.2, 0) is 0 Å². The van der Waals surface area contributed by atoms with E-state index in [9.17, 15) is 0 Å². The SMILES string of the molecule is CSSCCCCCCN. The maximum absolute atomic E-state index is 5.36. The van der Waals surface area contributed by atoms with Gasteiger partial charge in [0.1, 0.15) is 0 Å². The van der Waals surface area contributed by atoms with Crippen LogP contribution in [0.3, 0.4) is 0 Å². The smallest absolute Gasteiger partial charge is 0.00368 e. The molecule has 3 heteroatoms. The molecule has 0 fully saturated rings. The zero-order valence-corrected chi connectivity index (χ0v) is 8.27. The normalized spacial score (nSPS) is 10.2. The topological polar surface area (TPSA) is 26.0 Å². The van der Waals surface area contributed by atoms with Gasteiger partial charge in [0.25, 0.3) is 0 Å². The minimum Gasteiger partial charge on any atom is -0.330 e. The molecule has 10 heavy (non-hydrogen) atoms. The Morgan fingerprint density at radius 1 is 1.10 bits per heavy atom. The first kappa shape index (κ1) is 10.7. The lowest BCUT2D eigenvalue weighted by Gasteiger charge is -1.97. The van der Waals surface area contributed by atoms with E-state index in [2.05, 4.69) is 6.26 Å². The lowest BCUT2D eigenvalue weighted by molar-refractivity contribution is 0.678. The summed E-state index contributed by atoms with van der Waals surface area (Å²) in [6, 6.07) is 0. The average Bonchev–Trinajstić information content (AvgIpc) is 1.97. The van der Waals surface area contributed by atoms with Crippen LogP contribution in [0.15, 0.2) is 0 Å². The van der Waals surface area contributed by atoms with Gasteiger partial charge in [-0.1, -0.05) is 34.4 Å². The van der Waals surface area contributed by atoms with Gasteiger partial charge in [0.15, 0.2) is 0 Å². The molecule has 2 N–H and O–H groups in total. The Morgan fingerprint density at radius 3 is 2.40 bits per heavy atom. The molecular formula is C7H17NS2. The van der Waals surface area contributed by atoms with E-state index in [1.54, 1.807) is 0 Å². The largest absolute Gasteiger partial charge is 0.330 e. The van der Waals surface area contributed by atoms with Crippen LogP contribution in [0.4, 0.5) is 0 Å². The number of unbranched alkanes of at least 4 members (excludes halogenated alkanes) is 3. The van der Waals surface area contributed by atoms with Crippen molar-refractivity contribution in [3.63, 3.8) is 0 Å². The van der Waals surface area contributed by atoms with E-state index in [-0.39, 0.29) is 0 Å². The third-order valence-corrected chi connectivity index (χ3v) is 3.20. The van der Waals surface area contributed by atoms with Crippen molar-refractivity contribution in [3.8, 4) is 0 Å². The first-order valence-corrected chi connectivity index (χ1v) is 6.50. The van der Waals surface area contributed by atoms with Crippen molar-refractivity contribution in [2.24, 2.45) is 5.73 Å². The summed E-state index contributed by atoms with van der Waals surface area (Å²) in [5.41, 5.74) is 5.36. The maximum atomic E-state index is 5.36. The maximum Gasteiger partial charge on any atom is 0.00368 e. The van der Waals surface area contributed by atoms with Gasteiger partial charge in [-0.05, 0) is 25.6 Å². The highest BCUT2D eigenvalue weighted by molar-refractivity contribution is 8.76. The average molecular weight is 179 g/mol. The zero-order chi connectivity index (χ0) is 7.66. The van der Waals surface area contributed by atoms with Crippen molar-refractivity contribution < 1.29 is 0 Å². The Bertz CT molecular complexity index is 51.6. The second kappa shape index (κ2) is 9.66. The molecule has 0 unspecified atom stereocenters. The highest BCUT2D eigenvalue weighted by Crippen LogP contribution is 2.18. The quantitative estimate of drug-likeness (QED) is 0.480. The summed E-state index contributed by atoms with van der Waals surface area (Å²) in [7, 11) is 3.81. The number of nitrogens with two attached hydrogens (primary N) is 1. The second-order valence-electron chi connectivity index (χ2n) is 2.19. The van der Waals surface area contributed by atoms with Gasteiger partial charge in [0, 0.05) is 5.75 Å². The predicted octanol–water partition coefficient (Wildman–Crippen LogP) is 2.52. The van der Waals surface area contributed by atoms with E-state index in [0.717, 1.165) is 6.54 Å². The summed E-state index contributed by atoms with van der Waals surface area (Å²) in [6.45, 7) is 0.857. The monoisotopic (exact) mass is 179 g/mol. The Morgan fingerprint density at radius 2 is 1.80 bits per heavy atom. The van der Waals surface area contributed by atoms with Crippen LogP contribution in [0.5, 0.6) is 0 Å². The van der Waals surface area contributed by atoms with Gasteiger partial charge in [-0.3, -0.25) is 0 Å². The summed E-state index contributed by atoms with van der Waals surface area (Å²) in [4.78, 5) is 0. The van der Waals surface area contributed by atoms with Gasteiger partial charge < -0.3 is 5.73 Å². The Hall–Kier alpha value is 0.660. The summed E-state index contributed by atoms with van der Waals surface area (Å²) in [5, 5.41) is 0. The molecule has 0 aromatic heterocycles. The molecule has 0 aromatic rings. The molecule has 0 bridgehead atoms. The van der Waals surface area contributed by atoms with Crippen molar-refractivity contribution in [2.45, 2.75) is 25.7 Å². The van der Waals surface area contributed by atoms with Gasteiger partial charge in [0.05, 0.1) is 0 Å². The molecule has 0 aliphatic carbocycles. The van der Waals surface area contributed by atoms with Crippen LogP contribution in [-0.4, -0.2) is 18.6 Å². The van der Waals surface area contributed by atoms with Crippen LogP contribution < -0.4 is 5.73 Å². The Balaban J connectivity index is 2.65. The molecule has 0 heterocycles. The molecule has 0 aliphatic rings. The van der Waals surface area contributed by atoms with E-state index < -0.39 is 0 Å². The molecule has 62 valence electrons. The lowest BCUT2D eigenvalue weighted by atomic mass is 10.2. The van der Waals surface area contributed by atoms with E-state index in [0.29, 0.717) is 0 Å². The minimum absolute atomic E-state index is 0.857. The molecular weight excluding hydrogens is 162 g/mol. The van der Waals surface area contributed by atoms with Crippen molar-refractivity contribution in [1.29, 1.82) is 0 Å². The van der Waals surface area contributed by atoms with Crippen molar-refractivity contribution in [3.05, 3.63) is 0 Å². The minimum atomic E-state index is 0.857. The Kier molecular flexibility index (Phi) is 10.3. The van der Waals surface area contributed by atoms with Crippen LogP contribution in [0.25, 0.3) is 0 Å². The molecule has 0 radical (unpaired) electrons. The fourth-order valence-corrected chi connectivity index (χ4v) is 2.08. The zero-order valence-electron chi connectivity index (χ0n) is 6.64. The fraction of sp³-hybridized carbons (Fsp3) is 1.00. The summed E-state index contributed by atoms with van der Waals surface area (Å²) in [5.74, 6) is 1.30. The Labute approximate surface area is 71.9 Å². The van der Waals surface area contributed by atoms with Crippen LogP contribution >= 0.6 is 21.6 Å². The van der Waals surface area contributed by atoms with Crippen LogP contribution in [0.1, 0.15) is 25.7 Å². The van der Waals surface area contributed by atoms with Gasteiger partial charge in [-0.15, -0.1) is 0 Å². The number of hydrogen-bond donors (Lipinski definition) is 1. The summed E-state index contributed by atoms with van der Waals surface area (Å²) >= 11 is 0. The molecule has 0 aromatic carbocycles. The standard InChI is InChI=1S/C7H17NS2/c1-9-10-7-5-3-2-4-6-8/h2-8H2,1H3. The first-order valence-electron chi connectivity index (χ1n) is 3.77. The third-order valence-electron chi connectivity index (χ3n) is 1.30. The molecule has 0 saturated heterocycles. The highest BCUT2D eigenvalue weighted by Gasteiger charge is 1.88. The second-order valence-corrected chi connectivity index (χ2v) is 4.88. The molecule has 0 atom stereocenters. The fourth-order valence-electron chi connectivity index (χ4n) is 0.742. The van der Waals surface area contributed by atoms with Gasteiger partial charge in [-0.25, -0.2) is 0 Å². The van der Waals surface area contributed by atoms with E-state index in [1.165, 1.54) is 31.4 Å². The highest BCUT2D eigenvalue weighted by atomic mass is 33.1. The molecule has 0 amide bonds. The van der Waals surface area contributed by atoms with E-state index in [4.69, 9.17) is 5.73 Å². The molecule has 1 nitrogen and oxygen atoms in total.